The van der Waals surface area contributed by atoms with Crippen LogP contribution < -0.4 is 0 Å². The highest BCUT2D eigenvalue weighted by Crippen LogP contribution is 2.48. The molecule has 2 aromatic carbocycles. The lowest BCUT2D eigenvalue weighted by Gasteiger charge is -2.27. The van der Waals surface area contributed by atoms with Crippen molar-refractivity contribution in [1.82, 2.24) is 0 Å². The molecule has 7 heteroatoms. The molecule has 170 valence electrons. The molecule has 0 saturated heterocycles. The van der Waals surface area contributed by atoms with E-state index < -0.39 is 21.2 Å². The van der Waals surface area contributed by atoms with Gasteiger partial charge in [0.15, 0.2) is 5.78 Å². The molecule has 0 amide bonds. The summed E-state index contributed by atoms with van der Waals surface area (Å²) < 4.78 is 45.5. The summed E-state index contributed by atoms with van der Waals surface area (Å²) in [5.41, 5.74) is 2.80. The van der Waals surface area contributed by atoms with Crippen molar-refractivity contribution in [1.29, 1.82) is 0 Å². The van der Waals surface area contributed by atoms with E-state index in [4.69, 9.17) is 15.8 Å². The third-order valence-electron chi connectivity index (χ3n) is 6.45. The van der Waals surface area contributed by atoms with Crippen LogP contribution in [0.3, 0.4) is 0 Å². The second-order valence-electron chi connectivity index (χ2n) is 8.78. The van der Waals surface area contributed by atoms with Crippen LogP contribution in [-0.2, 0) is 25.5 Å². The zero-order chi connectivity index (χ0) is 23.2. The monoisotopic (exact) mass is 476 g/mol. The number of carbonyl (C=O) groups is 1. The molecular formula is C25H26ClFO4S. The molecule has 32 heavy (non-hydrogen) atoms. The van der Waals surface area contributed by atoms with Crippen molar-refractivity contribution in [3.05, 3.63) is 64.1 Å². The normalized spacial score (nSPS) is 20.9. The van der Waals surface area contributed by atoms with Gasteiger partial charge in [-0.2, -0.15) is 8.42 Å². The third kappa shape index (κ3) is 4.11. The van der Waals surface area contributed by atoms with Crippen molar-refractivity contribution in [3.63, 3.8) is 0 Å². The first-order valence-electron chi connectivity index (χ1n) is 10.9. The Morgan fingerprint density at radius 1 is 1.09 bits per heavy atom. The maximum absolute atomic E-state index is 14.6. The van der Waals surface area contributed by atoms with Gasteiger partial charge in [-0.25, -0.2) is 4.39 Å². The van der Waals surface area contributed by atoms with E-state index in [1.807, 2.05) is 19.1 Å². The van der Waals surface area contributed by atoms with Crippen molar-refractivity contribution in [3.8, 4) is 11.1 Å². The molecule has 2 atom stereocenters. The van der Waals surface area contributed by atoms with Crippen LogP contribution in [0, 0.1) is 17.7 Å². The van der Waals surface area contributed by atoms with E-state index >= 15 is 0 Å². The minimum absolute atomic E-state index is 0.0869. The molecular weight excluding hydrogens is 451 g/mol. The predicted octanol–water partition coefficient (Wildman–Crippen LogP) is 6.17. The number of halogens is 2. The van der Waals surface area contributed by atoms with Crippen LogP contribution in [0.2, 0.25) is 5.02 Å². The average molecular weight is 477 g/mol. The van der Waals surface area contributed by atoms with Crippen LogP contribution in [0.1, 0.15) is 51.2 Å². The summed E-state index contributed by atoms with van der Waals surface area (Å²) in [5.74, 6) is -0.542. The van der Waals surface area contributed by atoms with E-state index in [-0.39, 0.29) is 23.4 Å². The molecule has 4 rings (SSSR count). The van der Waals surface area contributed by atoms with Crippen LogP contribution in [0.15, 0.2) is 42.2 Å². The molecule has 1 saturated carbocycles. The lowest BCUT2D eigenvalue weighted by atomic mass is 9.81. The number of carbonyl (C=O) groups excluding carboxylic acids is 1. The zero-order valence-corrected chi connectivity index (χ0v) is 19.9. The van der Waals surface area contributed by atoms with Crippen molar-refractivity contribution in [2.24, 2.45) is 11.8 Å². The molecule has 2 aliphatic carbocycles. The van der Waals surface area contributed by atoms with Gasteiger partial charge in [-0.1, -0.05) is 30.7 Å². The minimum atomic E-state index is -3.86. The number of aryl methyl sites for hydroxylation is 1. The molecule has 2 aromatic rings. The van der Waals surface area contributed by atoms with Crippen LogP contribution in [0.25, 0.3) is 16.7 Å². The van der Waals surface area contributed by atoms with Crippen molar-refractivity contribution < 1.29 is 21.8 Å². The largest absolute Gasteiger partial charge is 0.386 e. The summed E-state index contributed by atoms with van der Waals surface area (Å²) in [5, 5.41) is -0.432. The number of hydrogen-bond acceptors (Lipinski definition) is 4. The first kappa shape index (κ1) is 23.0. The first-order chi connectivity index (χ1) is 15.1. The standard InChI is InChI=1S/C25H26ClFO4S/c1-4-15-5-6-16(20-10-9-19(26)13-22(20)27)12-21(15)23-24(28)17-7-8-18(11-17)25(23)31-32(29,30)14(2)3/h5-6,9-10,12-14,17-18H,4,7-8,11H2,1-3H3/t17-,18+/m1/s1. The van der Waals surface area contributed by atoms with Gasteiger partial charge in [0.2, 0.25) is 0 Å². The highest BCUT2D eigenvalue weighted by Gasteiger charge is 2.44. The molecule has 0 unspecified atom stereocenters. The fourth-order valence-corrected chi connectivity index (χ4v) is 5.41. The summed E-state index contributed by atoms with van der Waals surface area (Å²) in [6.45, 7) is 5.08. The lowest BCUT2D eigenvalue weighted by molar-refractivity contribution is -0.117. The summed E-state index contributed by atoms with van der Waals surface area (Å²) in [7, 11) is -3.86. The Hall–Kier alpha value is -2.18. The minimum Gasteiger partial charge on any atom is -0.386 e. The maximum Gasteiger partial charge on any atom is 0.311 e. The second-order valence-corrected chi connectivity index (χ2v) is 11.3. The second kappa shape index (κ2) is 8.64. The summed E-state index contributed by atoms with van der Waals surface area (Å²) in [6, 6.07) is 9.91. The van der Waals surface area contributed by atoms with Crippen molar-refractivity contribution >= 4 is 33.1 Å². The van der Waals surface area contributed by atoms with Gasteiger partial charge in [-0.3, -0.25) is 4.79 Å². The van der Waals surface area contributed by atoms with E-state index in [0.717, 1.165) is 12.0 Å². The van der Waals surface area contributed by atoms with Gasteiger partial charge >= 0.3 is 10.1 Å². The molecule has 0 heterocycles. The van der Waals surface area contributed by atoms with Gasteiger partial charge in [-0.05, 0) is 80.5 Å². The first-order valence-corrected chi connectivity index (χ1v) is 12.8. The SMILES string of the molecule is CCc1ccc(-c2ccc(Cl)cc2F)cc1C1=C(OS(=O)(=O)C(C)C)[C@H]2CC[C@H](C2)C1=O. The highest BCUT2D eigenvalue weighted by molar-refractivity contribution is 7.87. The number of rotatable bonds is 6. The quantitative estimate of drug-likeness (QED) is 0.467. The summed E-state index contributed by atoms with van der Waals surface area (Å²) in [4.78, 5) is 13.5. The Morgan fingerprint density at radius 2 is 1.81 bits per heavy atom. The lowest BCUT2D eigenvalue weighted by Crippen LogP contribution is -2.26. The smallest absolute Gasteiger partial charge is 0.311 e. The van der Waals surface area contributed by atoms with Gasteiger partial charge in [0.25, 0.3) is 0 Å². The number of allylic oxidation sites excluding steroid dienone is 2. The zero-order valence-electron chi connectivity index (χ0n) is 18.3. The van der Waals surface area contributed by atoms with Gasteiger partial charge in [0.1, 0.15) is 11.6 Å². The summed E-state index contributed by atoms with van der Waals surface area (Å²) >= 11 is 5.90. The molecule has 0 radical (unpaired) electrons. The predicted molar refractivity (Wildman–Crippen MR) is 124 cm³/mol. The number of ketones is 1. The fourth-order valence-electron chi connectivity index (χ4n) is 4.59. The molecule has 0 aromatic heterocycles. The Kier molecular flexibility index (Phi) is 6.21. The Morgan fingerprint density at radius 3 is 2.47 bits per heavy atom. The van der Waals surface area contributed by atoms with E-state index in [1.165, 1.54) is 6.07 Å². The number of Topliss-reactive ketones (excluding diaryl/α,β-unsaturated/α-hetero) is 1. The fraction of sp³-hybridized carbons (Fsp3) is 0.400. The van der Waals surface area contributed by atoms with Gasteiger partial charge in [0, 0.05) is 22.4 Å². The van der Waals surface area contributed by atoms with Crippen molar-refractivity contribution in [2.45, 2.75) is 51.7 Å². The highest BCUT2D eigenvalue weighted by atomic mass is 35.5. The maximum atomic E-state index is 14.6. The summed E-state index contributed by atoms with van der Waals surface area (Å²) in [6.07, 6.45) is 2.68. The molecule has 0 aliphatic heterocycles. The van der Waals surface area contributed by atoms with Gasteiger partial charge < -0.3 is 4.18 Å². The Labute approximate surface area is 193 Å². The van der Waals surface area contributed by atoms with E-state index in [0.29, 0.717) is 46.5 Å². The topological polar surface area (TPSA) is 60.4 Å². The van der Waals surface area contributed by atoms with Crippen LogP contribution in [0.4, 0.5) is 4.39 Å². The molecule has 2 bridgehead atoms. The molecule has 0 N–H and O–H groups in total. The van der Waals surface area contributed by atoms with Crippen molar-refractivity contribution in [2.75, 3.05) is 0 Å². The van der Waals surface area contributed by atoms with Crippen LogP contribution >= 0.6 is 11.6 Å². The third-order valence-corrected chi connectivity index (χ3v) is 8.25. The molecule has 4 nitrogen and oxygen atoms in total. The van der Waals surface area contributed by atoms with E-state index in [2.05, 4.69) is 0 Å². The van der Waals surface area contributed by atoms with Gasteiger partial charge in [0.05, 0.1) is 10.8 Å². The Bertz CT molecular complexity index is 1220. The molecule has 0 spiro atoms. The number of benzene rings is 2. The molecule has 1 fully saturated rings. The van der Waals surface area contributed by atoms with E-state index in [1.54, 1.807) is 32.0 Å². The van der Waals surface area contributed by atoms with E-state index in [9.17, 15) is 17.6 Å². The van der Waals surface area contributed by atoms with Crippen LogP contribution in [0.5, 0.6) is 0 Å². The number of fused-ring (bicyclic) bond motifs is 2. The Balaban J connectivity index is 1.93. The van der Waals surface area contributed by atoms with Gasteiger partial charge in [-0.15, -0.1) is 0 Å². The number of hydrogen-bond donors (Lipinski definition) is 0. The molecule has 2 aliphatic rings. The average Bonchev–Trinajstić information content (AvgIpc) is 3.18. The van der Waals surface area contributed by atoms with Crippen LogP contribution in [-0.4, -0.2) is 19.5 Å².